The fourth-order valence-electron chi connectivity index (χ4n) is 6.51. The molecule has 2 bridgehead atoms. The summed E-state index contributed by atoms with van der Waals surface area (Å²) in [6.45, 7) is 8.85. The molecule has 1 aromatic carbocycles. The second-order valence-electron chi connectivity index (χ2n) is 10.3. The number of nitrogens with zero attached hydrogens (tertiary/aromatic N) is 1. The SMILES string of the molecule is CC1(C)C[C@H]2C[C@](C)(CN2Cc2c(O)ccc3c4c(c(=O)oc23)CCC4)C1. The number of phenols is 1. The quantitative estimate of drug-likeness (QED) is 0.800. The van der Waals surface area contributed by atoms with Gasteiger partial charge in [-0.05, 0) is 67.1 Å². The molecule has 1 saturated carbocycles. The Morgan fingerprint density at radius 1 is 1.19 bits per heavy atom. The highest BCUT2D eigenvalue weighted by molar-refractivity contribution is 5.86. The van der Waals surface area contributed by atoms with E-state index in [1.165, 1.54) is 19.3 Å². The number of rotatable bonds is 2. The number of phenolic OH excluding ortho intramolecular Hbond substituents is 1. The van der Waals surface area contributed by atoms with Crippen LogP contribution in [-0.2, 0) is 19.4 Å². The lowest BCUT2D eigenvalue weighted by Gasteiger charge is -2.40. The number of hydrogen-bond donors (Lipinski definition) is 1. The molecule has 0 spiro atoms. The predicted octanol–water partition coefficient (Wildman–Crippen LogP) is 4.39. The van der Waals surface area contributed by atoms with E-state index in [0.717, 1.165) is 47.9 Å². The summed E-state index contributed by atoms with van der Waals surface area (Å²) < 4.78 is 5.76. The third-order valence-electron chi connectivity index (χ3n) is 7.10. The van der Waals surface area contributed by atoms with Gasteiger partial charge in [-0.3, -0.25) is 4.90 Å². The average molecular weight is 367 g/mol. The van der Waals surface area contributed by atoms with E-state index < -0.39 is 0 Å². The molecule has 0 radical (unpaired) electrons. The Bertz CT molecular complexity index is 989. The lowest BCUT2D eigenvalue weighted by molar-refractivity contribution is 0.126. The van der Waals surface area contributed by atoms with Gasteiger partial charge in [0.05, 0.1) is 5.56 Å². The highest BCUT2D eigenvalue weighted by Gasteiger charge is 2.49. The Hall–Kier alpha value is -1.81. The largest absolute Gasteiger partial charge is 0.507 e. The third-order valence-corrected chi connectivity index (χ3v) is 7.10. The van der Waals surface area contributed by atoms with Crippen LogP contribution < -0.4 is 5.63 Å². The summed E-state index contributed by atoms with van der Waals surface area (Å²) in [7, 11) is 0. The maximum absolute atomic E-state index is 12.5. The van der Waals surface area contributed by atoms with Crippen LogP contribution in [0.1, 0.15) is 63.1 Å². The minimum Gasteiger partial charge on any atom is -0.507 e. The van der Waals surface area contributed by atoms with Crippen LogP contribution in [0.4, 0.5) is 0 Å². The van der Waals surface area contributed by atoms with Crippen LogP contribution in [0.2, 0.25) is 0 Å². The van der Waals surface area contributed by atoms with Gasteiger partial charge in [-0.25, -0.2) is 4.79 Å². The van der Waals surface area contributed by atoms with Gasteiger partial charge in [-0.15, -0.1) is 0 Å². The predicted molar refractivity (Wildman–Crippen MR) is 106 cm³/mol. The number of aromatic hydroxyl groups is 1. The van der Waals surface area contributed by atoms with E-state index in [1.807, 2.05) is 6.07 Å². The molecule has 3 aliphatic rings. The van der Waals surface area contributed by atoms with E-state index in [4.69, 9.17) is 4.42 Å². The van der Waals surface area contributed by atoms with Gasteiger partial charge in [0.2, 0.25) is 0 Å². The zero-order chi connectivity index (χ0) is 19.0. The second-order valence-corrected chi connectivity index (χ2v) is 10.3. The van der Waals surface area contributed by atoms with E-state index in [-0.39, 0.29) is 11.4 Å². The zero-order valence-corrected chi connectivity index (χ0v) is 16.6. The summed E-state index contributed by atoms with van der Waals surface area (Å²) in [6.07, 6.45) is 6.41. The first-order valence-electron chi connectivity index (χ1n) is 10.3. The van der Waals surface area contributed by atoms with Gasteiger partial charge in [0.15, 0.2) is 0 Å². The molecule has 1 aromatic heterocycles. The zero-order valence-electron chi connectivity index (χ0n) is 16.6. The molecule has 27 heavy (non-hydrogen) atoms. The average Bonchev–Trinajstić information content (AvgIpc) is 3.13. The summed E-state index contributed by atoms with van der Waals surface area (Å²) in [4.78, 5) is 15.0. The normalized spacial score (nSPS) is 29.4. The Kier molecular flexibility index (Phi) is 3.59. The molecule has 1 aliphatic heterocycles. The van der Waals surface area contributed by atoms with Crippen molar-refractivity contribution in [2.75, 3.05) is 6.54 Å². The fourth-order valence-corrected chi connectivity index (χ4v) is 6.51. The van der Waals surface area contributed by atoms with Crippen molar-refractivity contribution in [3.05, 3.63) is 39.2 Å². The Balaban J connectivity index is 1.57. The highest BCUT2D eigenvalue weighted by Crippen LogP contribution is 2.53. The Morgan fingerprint density at radius 3 is 2.78 bits per heavy atom. The molecule has 2 fully saturated rings. The number of benzene rings is 1. The Morgan fingerprint density at radius 2 is 1.96 bits per heavy atom. The van der Waals surface area contributed by atoms with E-state index >= 15 is 0 Å². The van der Waals surface area contributed by atoms with Crippen LogP contribution in [0.15, 0.2) is 21.3 Å². The van der Waals surface area contributed by atoms with Crippen molar-refractivity contribution in [3.63, 3.8) is 0 Å². The van der Waals surface area contributed by atoms with Crippen molar-refractivity contribution in [2.45, 2.75) is 71.9 Å². The molecule has 0 amide bonds. The van der Waals surface area contributed by atoms with Crippen LogP contribution in [0, 0.1) is 10.8 Å². The maximum Gasteiger partial charge on any atom is 0.339 e. The highest BCUT2D eigenvalue weighted by atomic mass is 16.4. The molecular weight excluding hydrogens is 338 g/mol. The molecule has 1 saturated heterocycles. The van der Waals surface area contributed by atoms with Crippen molar-refractivity contribution in [2.24, 2.45) is 10.8 Å². The second kappa shape index (κ2) is 5.60. The lowest BCUT2D eigenvalue weighted by atomic mass is 9.65. The molecule has 4 nitrogen and oxygen atoms in total. The molecule has 2 atom stereocenters. The van der Waals surface area contributed by atoms with Crippen molar-refractivity contribution < 1.29 is 9.52 Å². The molecule has 2 aliphatic carbocycles. The van der Waals surface area contributed by atoms with Crippen LogP contribution in [0.5, 0.6) is 5.75 Å². The van der Waals surface area contributed by atoms with E-state index in [9.17, 15) is 9.90 Å². The molecule has 5 rings (SSSR count). The topological polar surface area (TPSA) is 53.7 Å². The fraction of sp³-hybridized carbons (Fsp3) is 0.609. The number of likely N-dealkylation sites (tertiary alicyclic amines) is 1. The number of fused-ring (bicyclic) bond motifs is 5. The van der Waals surface area contributed by atoms with E-state index in [2.05, 4.69) is 25.7 Å². The Labute approximate surface area is 160 Å². The van der Waals surface area contributed by atoms with Crippen molar-refractivity contribution in [1.82, 2.24) is 4.90 Å². The van der Waals surface area contributed by atoms with Gasteiger partial charge in [0, 0.05) is 30.1 Å². The summed E-state index contributed by atoms with van der Waals surface area (Å²) in [6, 6.07) is 4.24. The van der Waals surface area contributed by atoms with Crippen LogP contribution >= 0.6 is 0 Å². The smallest absolute Gasteiger partial charge is 0.339 e. The molecular formula is C23H29NO3. The third kappa shape index (κ3) is 2.72. The lowest BCUT2D eigenvalue weighted by Crippen LogP contribution is -2.34. The van der Waals surface area contributed by atoms with E-state index in [0.29, 0.717) is 29.0 Å². The van der Waals surface area contributed by atoms with Crippen LogP contribution in [-0.4, -0.2) is 22.6 Å². The minimum absolute atomic E-state index is 0.213. The molecule has 0 unspecified atom stereocenters. The van der Waals surface area contributed by atoms with Gasteiger partial charge >= 0.3 is 5.63 Å². The molecule has 4 heteroatoms. The van der Waals surface area contributed by atoms with Crippen LogP contribution in [0.3, 0.4) is 0 Å². The van der Waals surface area contributed by atoms with Crippen LogP contribution in [0.25, 0.3) is 11.0 Å². The van der Waals surface area contributed by atoms with Gasteiger partial charge < -0.3 is 9.52 Å². The summed E-state index contributed by atoms with van der Waals surface area (Å²) in [5, 5.41) is 11.6. The van der Waals surface area contributed by atoms with Gasteiger partial charge in [0.25, 0.3) is 0 Å². The standard InChI is InChI=1S/C23H29NO3/c1-22(2)9-14-10-23(3,12-22)13-24(14)11-18-19(25)8-7-16-15-5-4-6-17(15)21(26)27-20(16)18/h7-8,14,25H,4-6,9-13H2,1-3H3/t14-,23-/m0/s1. The van der Waals surface area contributed by atoms with Gasteiger partial charge in [0.1, 0.15) is 11.3 Å². The summed E-state index contributed by atoms with van der Waals surface area (Å²) >= 11 is 0. The monoisotopic (exact) mass is 367 g/mol. The minimum atomic E-state index is -0.213. The van der Waals surface area contributed by atoms with Crippen molar-refractivity contribution >= 4 is 11.0 Å². The molecule has 2 aromatic rings. The molecule has 144 valence electrons. The molecule has 2 heterocycles. The maximum atomic E-state index is 12.5. The first kappa shape index (κ1) is 17.3. The van der Waals surface area contributed by atoms with E-state index in [1.54, 1.807) is 6.07 Å². The summed E-state index contributed by atoms with van der Waals surface area (Å²) in [5.74, 6) is 0.245. The van der Waals surface area contributed by atoms with Crippen molar-refractivity contribution in [1.29, 1.82) is 0 Å². The first-order chi connectivity index (χ1) is 12.7. The van der Waals surface area contributed by atoms with Gasteiger partial charge in [-0.1, -0.05) is 20.8 Å². The number of aryl methyl sites for hydroxylation is 1. The molecule has 1 N–H and O–H groups in total. The first-order valence-corrected chi connectivity index (χ1v) is 10.3. The van der Waals surface area contributed by atoms with Crippen molar-refractivity contribution in [3.8, 4) is 5.75 Å². The van der Waals surface area contributed by atoms with Gasteiger partial charge in [-0.2, -0.15) is 0 Å². The number of hydrogen-bond acceptors (Lipinski definition) is 4. The summed E-state index contributed by atoms with van der Waals surface area (Å²) in [5.41, 5.74) is 3.85.